The Morgan fingerprint density at radius 1 is 1.43 bits per heavy atom. The maximum absolute atomic E-state index is 11.8. The lowest BCUT2D eigenvalue weighted by Crippen LogP contribution is -2.28. The molecule has 112 valence electrons. The lowest BCUT2D eigenvalue weighted by molar-refractivity contribution is -0.122. The predicted octanol–water partition coefficient (Wildman–Crippen LogP) is 3.75. The Labute approximate surface area is 133 Å². The summed E-state index contributed by atoms with van der Waals surface area (Å²) in [6, 6.07) is 6.98. The number of benzene rings is 1. The number of hydrogen-bond donors (Lipinski definition) is 1. The summed E-state index contributed by atoms with van der Waals surface area (Å²) < 4.78 is 5.49. The molecular formula is C15H17ClN2O2S. The first-order valence-corrected chi connectivity index (χ1v) is 7.90. The number of aromatic nitrogens is 1. The first-order valence-electron chi connectivity index (χ1n) is 6.64. The van der Waals surface area contributed by atoms with E-state index in [0.29, 0.717) is 23.8 Å². The van der Waals surface area contributed by atoms with Gasteiger partial charge in [0.15, 0.2) is 0 Å². The number of nitrogens with one attached hydrogen (secondary N) is 1. The smallest absolute Gasteiger partial charge is 0.223 e. The van der Waals surface area contributed by atoms with Gasteiger partial charge in [0, 0.05) is 10.4 Å². The van der Waals surface area contributed by atoms with Crippen LogP contribution >= 0.6 is 22.9 Å². The first kappa shape index (κ1) is 15.8. The van der Waals surface area contributed by atoms with Crippen molar-refractivity contribution in [1.29, 1.82) is 0 Å². The van der Waals surface area contributed by atoms with Gasteiger partial charge in [0.25, 0.3) is 0 Å². The number of nitrogens with zero attached hydrogens (tertiary/aromatic N) is 1. The fraction of sp³-hybridized carbons (Fsp3) is 0.333. The topological polar surface area (TPSA) is 51.2 Å². The van der Waals surface area contributed by atoms with Crippen LogP contribution in [0.1, 0.15) is 30.1 Å². The zero-order valence-electron chi connectivity index (χ0n) is 11.9. The number of thiazole rings is 1. The van der Waals surface area contributed by atoms with E-state index >= 15 is 0 Å². The van der Waals surface area contributed by atoms with Crippen LogP contribution in [0.25, 0.3) is 0 Å². The molecule has 0 aliphatic rings. The second-order valence-corrected chi connectivity index (χ2v) is 6.13. The van der Waals surface area contributed by atoms with E-state index in [1.54, 1.807) is 35.6 Å². The average molecular weight is 325 g/mol. The van der Waals surface area contributed by atoms with Crippen molar-refractivity contribution in [3.8, 4) is 5.75 Å². The van der Waals surface area contributed by atoms with Crippen LogP contribution in [0.3, 0.4) is 0 Å². The predicted molar refractivity (Wildman–Crippen MR) is 85.0 cm³/mol. The minimum Gasteiger partial charge on any atom is -0.493 e. The van der Waals surface area contributed by atoms with Gasteiger partial charge in [0.1, 0.15) is 5.75 Å². The van der Waals surface area contributed by atoms with Crippen molar-refractivity contribution in [2.24, 2.45) is 0 Å². The van der Waals surface area contributed by atoms with Crippen LogP contribution in [-0.2, 0) is 4.79 Å². The van der Waals surface area contributed by atoms with Crippen molar-refractivity contribution in [3.63, 3.8) is 0 Å². The van der Waals surface area contributed by atoms with Crippen molar-refractivity contribution in [3.05, 3.63) is 45.4 Å². The van der Waals surface area contributed by atoms with Crippen molar-refractivity contribution in [1.82, 2.24) is 10.3 Å². The SMILES string of the molecule is Cc1nc(C(C)NC(=O)CCOc2ccc(Cl)cc2)cs1. The maximum atomic E-state index is 11.8. The molecule has 2 rings (SSSR count). The third-order valence-electron chi connectivity index (χ3n) is 2.87. The van der Waals surface area contributed by atoms with Crippen LogP contribution in [0.4, 0.5) is 0 Å². The van der Waals surface area contributed by atoms with E-state index < -0.39 is 0 Å². The third-order valence-corrected chi connectivity index (χ3v) is 3.91. The summed E-state index contributed by atoms with van der Waals surface area (Å²) in [4.78, 5) is 16.2. The summed E-state index contributed by atoms with van der Waals surface area (Å²) in [7, 11) is 0. The molecule has 0 aliphatic carbocycles. The second-order valence-electron chi connectivity index (χ2n) is 4.63. The maximum Gasteiger partial charge on any atom is 0.223 e. The van der Waals surface area contributed by atoms with Crippen molar-refractivity contribution >= 4 is 28.8 Å². The number of hydrogen-bond acceptors (Lipinski definition) is 4. The van der Waals surface area contributed by atoms with E-state index in [4.69, 9.17) is 16.3 Å². The van der Waals surface area contributed by atoms with Crippen molar-refractivity contribution in [2.75, 3.05) is 6.61 Å². The lowest BCUT2D eigenvalue weighted by atomic mass is 10.2. The molecule has 2 aromatic rings. The number of halogens is 1. The Morgan fingerprint density at radius 3 is 2.76 bits per heavy atom. The summed E-state index contributed by atoms with van der Waals surface area (Å²) in [5.74, 6) is 0.650. The molecular weight excluding hydrogens is 308 g/mol. The quantitative estimate of drug-likeness (QED) is 0.880. The highest BCUT2D eigenvalue weighted by atomic mass is 35.5. The van der Waals surface area contributed by atoms with Gasteiger partial charge in [-0.3, -0.25) is 4.79 Å². The van der Waals surface area contributed by atoms with Crippen LogP contribution in [-0.4, -0.2) is 17.5 Å². The Balaban J connectivity index is 1.73. The zero-order chi connectivity index (χ0) is 15.2. The normalized spacial score (nSPS) is 12.0. The molecule has 0 aliphatic heterocycles. The van der Waals surface area contributed by atoms with Gasteiger partial charge in [-0.1, -0.05) is 11.6 Å². The van der Waals surface area contributed by atoms with Gasteiger partial charge in [0.05, 0.1) is 29.8 Å². The van der Waals surface area contributed by atoms with E-state index in [9.17, 15) is 4.79 Å². The minimum atomic E-state index is -0.0852. The van der Waals surface area contributed by atoms with Crippen LogP contribution in [0.5, 0.6) is 5.75 Å². The molecule has 21 heavy (non-hydrogen) atoms. The Morgan fingerprint density at radius 2 is 2.14 bits per heavy atom. The highest BCUT2D eigenvalue weighted by Crippen LogP contribution is 2.17. The molecule has 1 aromatic heterocycles. The van der Waals surface area contributed by atoms with E-state index in [1.165, 1.54) is 0 Å². The Hall–Kier alpha value is -1.59. The molecule has 1 unspecified atom stereocenters. The molecule has 1 heterocycles. The highest BCUT2D eigenvalue weighted by Gasteiger charge is 2.12. The number of ether oxygens (including phenoxy) is 1. The fourth-order valence-electron chi connectivity index (χ4n) is 1.76. The molecule has 6 heteroatoms. The van der Waals surface area contributed by atoms with E-state index in [0.717, 1.165) is 10.7 Å². The molecule has 0 radical (unpaired) electrons. The number of carbonyl (C=O) groups excluding carboxylic acids is 1. The van der Waals surface area contributed by atoms with Crippen molar-refractivity contribution in [2.45, 2.75) is 26.3 Å². The first-order chi connectivity index (χ1) is 10.0. The second kappa shape index (κ2) is 7.43. The van der Waals surface area contributed by atoms with Gasteiger partial charge in [-0.15, -0.1) is 11.3 Å². The van der Waals surface area contributed by atoms with E-state index in [-0.39, 0.29) is 11.9 Å². The number of carbonyl (C=O) groups is 1. The number of amides is 1. The van der Waals surface area contributed by atoms with Gasteiger partial charge in [-0.05, 0) is 38.1 Å². The van der Waals surface area contributed by atoms with Gasteiger partial charge in [-0.25, -0.2) is 4.98 Å². The largest absolute Gasteiger partial charge is 0.493 e. The van der Waals surface area contributed by atoms with Gasteiger partial charge < -0.3 is 10.1 Å². The monoisotopic (exact) mass is 324 g/mol. The van der Waals surface area contributed by atoms with Gasteiger partial charge in [-0.2, -0.15) is 0 Å². The summed E-state index contributed by atoms with van der Waals surface area (Å²) in [5.41, 5.74) is 0.893. The molecule has 0 bridgehead atoms. The van der Waals surface area contributed by atoms with Crippen LogP contribution < -0.4 is 10.1 Å². The highest BCUT2D eigenvalue weighted by molar-refractivity contribution is 7.09. The number of rotatable bonds is 6. The van der Waals surface area contributed by atoms with Crippen LogP contribution in [0.2, 0.25) is 5.02 Å². The molecule has 0 saturated carbocycles. The molecule has 0 fully saturated rings. The molecule has 1 N–H and O–H groups in total. The Bertz CT molecular complexity index is 598. The van der Waals surface area contributed by atoms with E-state index in [1.807, 2.05) is 19.2 Å². The third kappa shape index (κ3) is 5.02. The average Bonchev–Trinajstić information content (AvgIpc) is 2.88. The van der Waals surface area contributed by atoms with Crippen LogP contribution in [0, 0.1) is 6.92 Å². The number of aryl methyl sites for hydroxylation is 1. The standard InChI is InChI=1S/C15H17ClN2O2S/c1-10(14-9-21-11(2)18-14)17-15(19)7-8-20-13-5-3-12(16)4-6-13/h3-6,9-10H,7-8H2,1-2H3,(H,17,19). The molecule has 1 amide bonds. The summed E-state index contributed by atoms with van der Waals surface area (Å²) in [6.45, 7) is 4.20. The van der Waals surface area contributed by atoms with E-state index in [2.05, 4.69) is 10.3 Å². The van der Waals surface area contributed by atoms with Crippen molar-refractivity contribution < 1.29 is 9.53 Å². The molecule has 0 spiro atoms. The fourth-order valence-corrected chi connectivity index (χ4v) is 2.59. The lowest BCUT2D eigenvalue weighted by Gasteiger charge is -2.12. The van der Waals surface area contributed by atoms with Gasteiger partial charge in [0.2, 0.25) is 5.91 Å². The summed E-state index contributed by atoms with van der Waals surface area (Å²) in [5, 5.41) is 6.53. The summed E-state index contributed by atoms with van der Waals surface area (Å²) in [6.07, 6.45) is 0.302. The molecule has 1 atom stereocenters. The van der Waals surface area contributed by atoms with Crippen LogP contribution in [0.15, 0.2) is 29.6 Å². The van der Waals surface area contributed by atoms with Gasteiger partial charge >= 0.3 is 0 Å². The summed E-state index contributed by atoms with van der Waals surface area (Å²) >= 11 is 7.37. The zero-order valence-corrected chi connectivity index (χ0v) is 13.5. The molecule has 0 saturated heterocycles. The molecule has 4 nitrogen and oxygen atoms in total. The minimum absolute atomic E-state index is 0.0536. The molecule has 1 aromatic carbocycles. The Kier molecular flexibility index (Phi) is 5.59.